The minimum absolute atomic E-state index is 0.154. The Morgan fingerprint density at radius 1 is 1.07 bits per heavy atom. The fourth-order valence-corrected chi connectivity index (χ4v) is 3.11. The van der Waals surface area contributed by atoms with Crippen molar-refractivity contribution >= 4 is 5.91 Å². The summed E-state index contributed by atoms with van der Waals surface area (Å²) in [5.41, 5.74) is 3.79. The molecule has 0 aliphatic heterocycles. The van der Waals surface area contributed by atoms with Gasteiger partial charge >= 0.3 is 0 Å². The van der Waals surface area contributed by atoms with E-state index in [0.29, 0.717) is 17.9 Å². The molecule has 3 rings (SSSR count). The molecule has 0 radical (unpaired) electrons. The van der Waals surface area contributed by atoms with Gasteiger partial charge in [0.2, 0.25) is 0 Å². The number of hydrogen-bond donors (Lipinski definition) is 1. The third-order valence-electron chi connectivity index (χ3n) is 4.64. The van der Waals surface area contributed by atoms with Crippen LogP contribution in [0.4, 0.5) is 4.39 Å². The van der Waals surface area contributed by atoms with Crippen LogP contribution in [0.2, 0.25) is 0 Å². The Morgan fingerprint density at radius 2 is 1.86 bits per heavy atom. The fraction of sp³-hybridized carbons (Fsp3) is 0.304. The first-order valence-corrected chi connectivity index (χ1v) is 9.79. The molecule has 1 amide bonds. The zero-order valence-corrected chi connectivity index (χ0v) is 16.4. The summed E-state index contributed by atoms with van der Waals surface area (Å²) in [6.45, 7) is 4.81. The summed E-state index contributed by atoms with van der Waals surface area (Å²) in [6.07, 6.45) is 4.40. The number of benzene rings is 2. The number of halogens is 1. The van der Waals surface area contributed by atoms with Gasteiger partial charge in [0.15, 0.2) is 0 Å². The average molecular weight is 379 g/mol. The Bertz CT molecular complexity index is 931. The van der Waals surface area contributed by atoms with Gasteiger partial charge in [0.25, 0.3) is 5.91 Å². The van der Waals surface area contributed by atoms with E-state index in [2.05, 4.69) is 17.3 Å². The minimum Gasteiger partial charge on any atom is -0.351 e. The van der Waals surface area contributed by atoms with Gasteiger partial charge in [-0.1, -0.05) is 38.3 Å². The lowest BCUT2D eigenvalue weighted by atomic mass is 10.1. The highest BCUT2D eigenvalue weighted by Gasteiger charge is 2.17. The van der Waals surface area contributed by atoms with Crippen LogP contribution in [0.1, 0.15) is 48.7 Å². The molecule has 0 saturated carbocycles. The van der Waals surface area contributed by atoms with E-state index in [0.717, 1.165) is 36.1 Å². The molecular formula is C23H26FN3O. The van der Waals surface area contributed by atoms with E-state index in [-0.39, 0.29) is 11.7 Å². The lowest BCUT2D eigenvalue weighted by Gasteiger charge is -2.09. The third-order valence-corrected chi connectivity index (χ3v) is 4.64. The largest absolute Gasteiger partial charge is 0.351 e. The predicted molar refractivity (Wildman–Crippen MR) is 110 cm³/mol. The van der Waals surface area contributed by atoms with Crippen molar-refractivity contribution in [3.8, 4) is 16.9 Å². The first kappa shape index (κ1) is 19.8. The van der Waals surface area contributed by atoms with Crippen LogP contribution in [0.25, 0.3) is 16.9 Å². The minimum atomic E-state index is -0.299. The van der Waals surface area contributed by atoms with Crippen molar-refractivity contribution in [2.45, 2.75) is 39.5 Å². The highest BCUT2D eigenvalue weighted by Crippen LogP contribution is 2.22. The molecule has 28 heavy (non-hydrogen) atoms. The van der Waals surface area contributed by atoms with Crippen LogP contribution in [0.5, 0.6) is 0 Å². The van der Waals surface area contributed by atoms with E-state index >= 15 is 0 Å². The Hall–Kier alpha value is -2.95. The van der Waals surface area contributed by atoms with E-state index in [9.17, 15) is 9.18 Å². The number of aryl methyl sites for hydroxylation is 1. The van der Waals surface area contributed by atoms with E-state index in [4.69, 9.17) is 0 Å². The zero-order valence-electron chi connectivity index (χ0n) is 16.4. The predicted octanol–water partition coefficient (Wildman–Crippen LogP) is 5.30. The Kier molecular flexibility index (Phi) is 6.58. The standard InChI is InChI=1S/C23H26FN3O/c1-3-4-5-6-14-25-23(28)22-16-21(18-10-12-19(24)13-11-18)26-27(22)20-9-7-8-17(2)15-20/h7-13,15-16H,3-6,14H2,1-2H3,(H,25,28). The summed E-state index contributed by atoms with van der Waals surface area (Å²) >= 11 is 0. The van der Waals surface area contributed by atoms with Gasteiger partial charge in [-0.25, -0.2) is 9.07 Å². The monoisotopic (exact) mass is 379 g/mol. The number of hydrogen-bond acceptors (Lipinski definition) is 2. The number of aromatic nitrogens is 2. The van der Waals surface area contributed by atoms with Gasteiger partial charge in [-0.2, -0.15) is 5.10 Å². The van der Waals surface area contributed by atoms with Crippen LogP contribution in [0, 0.1) is 12.7 Å². The average Bonchev–Trinajstić information content (AvgIpc) is 3.14. The highest BCUT2D eigenvalue weighted by atomic mass is 19.1. The topological polar surface area (TPSA) is 46.9 Å². The highest BCUT2D eigenvalue weighted by molar-refractivity contribution is 5.94. The zero-order chi connectivity index (χ0) is 19.9. The first-order chi connectivity index (χ1) is 13.6. The number of rotatable bonds is 8. The van der Waals surface area contributed by atoms with Gasteiger partial charge in [-0.05, 0) is 61.4 Å². The fourth-order valence-electron chi connectivity index (χ4n) is 3.11. The molecule has 0 spiro atoms. The second-order valence-electron chi connectivity index (χ2n) is 6.99. The molecular weight excluding hydrogens is 353 g/mol. The summed E-state index contributed by atoms with van der Waals surface area (Å²) in [5, 5.41) is 7.63. The maximum Gasteiger partial charge on any atom is 0.270 e. The Balaban J connectivity index is 1.90. The molecule has 0 fully saturated rings. The molecule has 1 heterocycles. The van der Waals surface area contributed by atoms with Crippen LogP contribution in [-0.4, -0.2) is 22.2 Å². The van der Waals surface area contributed by atoms with Gasteiger partial charge in [0.1, 0.15) is 11.5 Å². The van der Waals surface area contributed by atoms with Crippen molar-refractivity contribution in [3.63, 3.8) is 0 Å². The lowest BCUT2D eigenvalue weighted by Crippen LogP contribution is -2.26. The molecule has 0 atom stereocenters. The summed E-state index contributed by atoms with van der Waals surface area (Å²) in [7, 11) is 0. The van der Waals surface area contributed by atoms with E-state index < -0.39 is 0 Å². The Morgan fingerprint density at radius 3 is 2.57 bits per heavy atom. The third kappa shape index (κ3) is 4.85. The van der Waals surface area contributed by atoms with Crippen molar-refractivity contribution in [1.29, 1.82) is 0 Å². The molecule has 5 heteroatoms. The van der Waals surface area contributed by atoms with Crippen molar-refractivity contribution in [2.75, 3.05) is 6.54 Å². The molecule has 2 aromatic carbocycles. The van der Waals surface area contributed by atoms with Gasteiger partial charge in [0, 0.05) is 12.1 Å². The van der Waals surface area contributed by atoms with Crippen LogP contribution < -0.4 is 5.32 Å². The number of carbonyl (C=O) groups excluding carboxylic acids is 1. The Labute approximate surface area is 165 Å². The number of nitrogens with one attached hydrogen (secondary N) is 1. The summed E-state index contributed by atoms with van der Waals surface area (Å²) in [4.78, 5) is 12.8. The molecule has 0 saturated heterocycles. The second kappa shape index (κ2) is 9.31. The maximum absolute atomic E-state index is 13.3. The van der Waals surface area contributed by atoms with Crippen molar-refractivity contribution in [1.82, 2.24) is 15.1 Å². The second-order valence-corrected chi connectivity index (χ2v) is 6.99. The van der Waals surface area contributed by atoms with E-state index in [1.807, 2.05) is 31.2 Å². The summed E-state index contributed by atoms with van der Waals surface area (Å²) in [6, 6.07) is 15.7. The van der Waals surface area contributed by atoms with E-state index in [1.165, 1.54) is 18.6 Å². The SMILES string of the molecule is CCCCCCNC(=O)c1cc(-c2ccc(F)cc2)nn1-c1cccc(C)c1. The van der Waals surface area contributed by atoms with Gasteiger partial charge in [-0.15, -0.1) is 0 Å². The summed E-state index contributed by atoms with van der Waals surface area (Å²) < 4.78 is 14.9. The van der Waals surface area contributed by atoms with Crippen molar-refractivity contribution in [2.24, 2.45) is 0 Å². The molecule has 0 aliphatic carbocycles. The molecule has 1 N–H and O–H groups in total. The number of unbranched alkanes of at least 4 members (excludes halogenated alkanes) is 3. The van der Waals surface area contributed by atoms with Crippen molar-refractivity contribution < 1.29 is 9.18 Å². The quantitative estimate of drug-likeness (QED) is 0.540. The molecule has 1 aromatic heterocycles. The molecule has 0 unspecified atom stereocenters. The normalized spacial score (nSPS) is 10.8. The smallest absolute Gasteiger partial charge is 0.270 e. The van der Waals surface area contributed by atoms with Crippen molar-refractivity contribution in [3.05, 3.63) is 71.7 Å². The van der Waals surface area contributed by atoms with Gasteiger partial charge < -0.3 is 5.32 Å². The van der Waals surface area contributed by atoms with Crippen LogP contribution >= 0.6 is 0 Å². The van der Waals surface area contributed by atoms with E-state index in [1.54, 1.807) is 22.9 Å². The van der Waals surface area contributed by atoms with Crippen LogP contribution in [0.15, 0.2) is 54.6 Å². The number of amides is 1. The molecule has 0 bridgehead atoms. The van der Waals surface area contributed by atoms with Crippen LogP contribution in [0.3, 0.4) is 0 Å². The van der Waals surface area contributed by atoms with Gasteiger partial charge in [-0.3, -0.25) is 4.79 Å². The maximum atomic E-state index is 13.3. The summed E-state index contributed by atoms with van der Waals surface area (Å²) in [5.74, 6) is -0.453. The number of nitrogens with zero attached hydrogens (tertiary/aromatic N) is 2. The molecule has 3 aromatic rings. The molecule has 4 nitrogen and oxygen atoms in total. The molecule has 0 aliphatic rings. The number of carbonyl (C=O) groups is 1. The first-order valence-electron chi connectivity index (χ1n) is 9.79. The molecule has 146 valence electrons. The lowest BCUT2D eigenvalue weighted by molar-refractivity contribution is 0.0945. The van der Waals surface area contributed by atoms with Crippen LogP contribution in [-0.2, 0) is 0 Å². The van der Waals surface area contributed by atoms with Gasteiger partial charge in [0.05, 0.1) is 11.4 Å².